The Kier molecular flexibility index (Phi) is 5.51. The minimum Gasteiger partial charge on any atom is -0.508 e. The van der Waals surface area contributed by atoms with Crippen LogP contribution in [-0.4, -0.2) is 43.7 Å². The quantitative estimate of drug-likeness (QED) is 0.731. The standard InChI is InChI=1S/C21H24N4O2S/c22-13-18-17-3-1-2-4-19(17)28-21(18)23-20(27)14-24-9-11-25(12-10-24)15-5-7-16(26)8-6-15/h5-8,26H,1-4,9-12,14H2,(H,23,27)/p+1. The number of fused-ring (bicyclic) bond motifs is 1. The largest absolute Gasteiger partial charge is 0.508 e. The normalized spacial score (nSPS) is 17.0. The van der Waals surface area contributed by atoms with Crippen LogP contribution in [0.15, 0.2) is 24.3 Å². The molecule has 2 aromatic rings. The van der Waals surface area contributed by atoms with Gasteiger partial charge in [0.2, 0.25) is 0 Å². The molecular formula is C21H25N4O2S+. The number of thiophene rings is 1. The Morgan fingerprint density at radius 2 is 1.93 bits per heavy atom. The number of aryl methyl sites for hydroxylation is 1. The third kappa shape index (κ3) is 3.98. The van der Waals surface area contributed by atoms with Gasteiger partial charge < -0.3 is 20.2 Å². The van der Waals surface area contributed by atoms with Gasteiger partial charge in [0.1, 0.15) is 16.8 Å². The molecule has 1 aliphatic heterocycles. The van der Waals surface area contributed by atoms with Gasteiger partial charge in [-0.1, -0.05) is 0 Å². The summed E-state index contributed by atoms with van der Waals surface area (Å²) in [6.45, 7) is 3.96. The van der Waals surface area contributed by atoms with Crippen molar-refractivity contribution in [2.45, 2.75) is 25.7 Å². The summed E-state index contributed by atoms with van der Waals surface area (Å²) >= 11 is 1.58. The Morgan fingerprint density at radius 1 is 1.21 bits per heavy atom. The number of nitrogens with one attached hydrogen (secondary N) is 2. The lowest BCUT2D eigenvalue weighted by molar-refractivity contribution is -0.892. The molecule has 1 amide bonds. The van der Waals surface area contributed by atoms with Gasteiger partial charge in [-0.3, -0.25) is 4.79 Å². The monoisotopic (exact) mass is 397 g/mol. The van der Waals surface area contributed by atoms with Gasteiger partial charge in [-0.2, -0.15) is 5.26 Å². The molecule has 2 heterocycles. The molecule has 0 bridgehead atoms. The second kappa shape index (κ2) is 8.21. The van der Waals surface area contributed by atoms with Crippen LogP contribution in [0.2, 0.25) is 0 Å². The Morgan fingerprint density at radius 3 is 2.64 bits per heavy atom. The summed E-state index contributed by atoms with van der Waals surface area (Å²) in [7, 11) is 0. The van der Waals surface area contributed by atoms with E-state index in [-0.39, 0.29) is 11.7 Å². The van der Waals surface area contributed by atoms with Gasteiger partial charge in [0, 0.05) is 10.6 Å². The van der Waals surface area contributed by atoms with Gasteiger partial charge in [-0.05, 0) is 55.5 Å². The van der Waals surface area contributed by atoms with Crippen molar-refractivity contribution in [2.24, 2.45) is 0 Å². The number of phenols is 1. The maximum absolute atomic E-state index is 12.6. The lowest BCUT2D eigenvalue weighted by Gasteiger charge is -2.33. The highest BCUT2D eigenvalue weighted by Crippen LogP contribution is 2.37. The van der Waals surface area contributed by atoms with E-state index < -0.39 is 0 Å². The number of rotatable bonds is 4. The smallest absolute Gasteiger partial charge is 0.280 e. The second-order valence-corrected chi connectivity index (χ2v) is 8.61. The summed E-state index contributed by atoms with van der Waals surface area (Å²) in [5.74, 6) is 0.264. The zero-order valence-electron chi connectivity index (χ0n) is 15.8. The van der Waals surface area contributed by atoms with Crippen LogP contribution in [0.25, 0.3) is 0 Å². The molecule has 7 heteroatoms. The highest BCUT2D eigenvalue weighted by atomic mass is 32.1. The van der Waals surface area contributed by atoms with Crippen molar-refractivity contribution in [3.8, 4) is 11.8 Å². The van der Waals surface area contributed by atoms with Gasteiger partial charge in [0.25, 0.3) is 5.91 Å². The third-order valence-corrected chi connectivity index (χ3v) is 6.84. The van der Waals surface area contributed by atoms with E-state index in [4.69, 9.17) is 0 Å². The van der Waals surface area contributed by atoms with E-state index in [1.807, 2.05) is 12.1 Å². The summed E-state index contributed by atoms with van der Waals surface area (Å²) in [4.78, 5) is 17.4. The topological polar surface area (TPSA) is 80.8 Å². The van der Waals surface area contributed by atoms with Crippen molar-refractivity contribution >= 4 is 27.9 Å². The Labute approximate surface area is 169 Å². The number of aromatic hydroxyl groups is 1. The highest BCUT2D eigenvalue weighted by molar-refractivity contribution is 7.16. The van der Waals surface area contributed by atoms with Gasteiger partial charge in [0.05, 0.1) is 31.7 Å². The van der Waals surface area contributed by atoms with Crippen LogP contribution >= 0.6 is 11.3 Å². The van der Waals surface area contributed by atoms with E-state index >= 15 is 0 Å². The number of carbonyl (C=O) groups is 1. The second-order valence-electron chi connectivity index (χ2n) is 7.51. The summed E-state index contributed by atoms with van der Waals surface area (Å²) in [6, 6.07) is 9.56. The molecule has 0 unspecified atom stereocenters. The molecule has 0 atom stereocenters. The molecule has 28 heavy (non-hydrogen) atoms. The van der Waals surface area contributed by atoms with Crippen molar-refractivity contribution in [1.82, 2.24) is 0 Å². The van der Waals surface area contributed by atoms with E-state index in [0.29, 0.717) is 12.1 Å². The molecule has 2 aliphatic rings. The molecular weight excluding hydrogens is 372 g/mol. The molecule has 4 rings (SSSR count). The molecule has 0 saturated carbocycles. The summed E-state index contributed by atoms with van der Waals surface area (Å²) < 4.78 is 0. The molecule has 1 fully saturated rings. The lowest BCUT2D eigenvalue weighted by Crippen LogP contribution is -3.15. The first kappa shape index (κ1) is 18.8. The van der Waals surface area contributed by atoms with Crippen molar-refractivity contribution in [3.63, 3.8) is 0 Å². The summed E-state index contributed by atoms with van der Waals surface area (Å²) in [6.07, 6.45) is 4.27. The van der Waals surface area contributed by atoms with E-state index in [1.54, 1.807) is 23.5 Å². The summed E-state index contributed by atoms with van der Waals surface area (Å²) in [5, 5.41) is 22.7. The SMILES string of the molecule is N#Cc1c(NC(=O)C[NH+]2CCN(c3ccc(O)cc3)CC2)sc2c1CCCC2. The van der Waals surface area contributed by atoms with Gasteiger partial charge in [0.15, 0.2) is 6.54 Å². The fourth-order valence-electron chi connectivity index (χ4n) is 4.09. The molecule has 1 aromatic heterocycles. The number of nitriles is 1. The molecule has 146 valence electrons. The first-order valence-corrected chi connectivity index (χ1v) is 10.7. The number of amides is 1. The Bertz CT molecular complexity index is 892. The molecule has 6 nitrogen and oxygen atoms in total. The predicted molar refractivity (Wildman–Crippen MR) is 110 cm³/mol. The minimum absolute atomic E-state index is 0.0109. The van der Waals surface area contributed by atoms with Crippen molar-refractivity contribution in [2.75, 3.05) is 42.9 Å². The molecule has 0 radical (unpaired) electrons. The first-order chi connectivity index (χ1) is 13.6. The van der Waals surface area contributed by atoms with Crippen molar-refractivity contribution in [3.05, 3.63) is 40.3 Å². The Hall–Kier alpha value is -2.56. The summed E-state index contributed by atoms with van der Waals surface area (Å²) in [5.41, 5.74) is 2.94. The number of piperazine rings is 1. The fraction of sp³-hybridized carbons (Fsp3) is 0.429. The maximum Gasteiger partial charge on any atom is 0.280 e. The van der Waals surface area contributed by atoms with Gasteiger partial charge in [-0.15, -0.1) is 11.3 Å². The Balaban J connectivity index is 1.32. The number of nitrogens with zero attached hydrogens (tertiary/aromatic N) is 2. The first-order valence-electron chi connectivity index (χ1n) is 9.86. The van der Waals surface area contributed by atoms with Crippen LogP contribution < -0.4 is 15.1 Å². The van der Waals surface area contributed by atoms with Crippen LogP contribution in [-0.2, 0) is 17.6 Å². The van der Waals surface area contributed by atoms with Crippen molar-refractivity contribution in [1.29, 1.82) is 5.26 Å². The minimum atomic E-state index is -0.0109. The fourth-order valence-corrected chi connectivity index (χ4v) is 5.35. The van der Waals surface area contributed by atoms with Crippen LogP contribution in [0.5, 0.6) is 5.75 Å². The lowest BCUT2D eigenvalue weighted by atomic mass is 9.96. The number of phenolic OH excluding ortho intramolecular Hbond substituents is 1. The zero-order chi connectivity index (χ0) is 19.5. The number of anilines is 2. The number of hydrogen-bond donors (Lipinski definition) is 3. The molecule has 1 saturated heterocycles. The van der Waals surface area contributed by atoms with Crippen LogP contribution in [0.3, 0.4) is 0 Å². The maximum atomic E-state index is 12.6. The van der Waals surface area contributed by atoms with E-state index in [9.17, 15) is 15.2 Å². The van der Waals surface area contributed by atoms with E-state index in [1.165, 1.54) is 16.2 Å². The molecule has 3 N–H and O–H groups in total. The van der Waals surface area contributed by atoms with Crippen LogP contribution in [0.4, 0.5) is 10.7 Å². The highest BCUT2D eigenvalue weighted by Gasteiger charge is 2.25. The van der Waals surface area contributed by atoms with Gasteiger partial charge in [-0.25, -0.2) is 0 Å². The van der Waals surface area contributed by atoms with E-state index in [0.717, 1.165) is 61.7 Å². The average molecular weight is 398 g/mol. The van der Waals surface area contributed by atoms with Crippen molar-refractivity contribution < 1.29 is 14.8 Å². The predicted octanol–water partition coefficient (Wildman–Crippen LogP) is 1.55. The van der Waals surface area contributed by atoms with E-state index in [2.05, 4.69) is 16.3 Å². The number of quaternary nitrogens is 1. The third-order valence-electron chi connectivity index (χ3n) is 5.63. The van der Waals surface area contributed by atoms with Crippen LogP contribution in [0.1, 0.15) is 28.8 Å². The number of benzene rings is 1. The number of hydrogen-bond acceptors (Lipinski definition) is 5. The molecule has 1 aliphatic carbocycles. The average Bonchev–Trinajstić information content (AvgIpc) is 3.06. The van der Waals surface area contributed by atoms with Crippen LogP contribution in [0, 0.1) is 11.3 Å². The zero-order valence-corrected chi connectivity index (χ0v) is 16.6. The number of carbonyl (C=O) groups excluding carboxylic acids is 1. The molecule has 1 aromatic carbocycles. The van der Waals surface area contributed by atoms with Gasteiger partial charge >= 0.3 is 0 Å². The molecule has 0 spiro atoms.